The molecule has 0 aliphatic rings. The number of nitro groups is 1. The first kappa shape index (κ1) is 18.5. The molecule has 1 aromatic heterocycles. The maximum Gasteiger partial charge on any atom is 0.271 e. The van der Waals surface area contributed by atoms with Crippen LogP contribution in [0, 0.1) is 10.1 Å². The summed E-state index contributed by atoms with van der Waals surface area (Å²) >= 11 is 1.37. The SMILES string of the molecule is COc1ccc(-c2nc(C(=O)NC(C)c3cccc([N+](=O)[O-])c3)cs2)cc1. The van der Waals surface area contributed by atoms with E-state index in [2.05, 4.69) is 10.3 Å². The number of amides is 1. The molecule has 1 unspecified atom stereocenters. The number of aromatic nitrogens is 1. The van der Waals surface area contributed by atoms with Gasteiger partial charge in [-0.05, 0) is 36.8 Å². The molecule has 3 rings (SSSR count). The number of carbonyl (C=O) groups excluding carboxylic acids is 1. The van der Waals surface area contributed by atoms with Crippen molar-refractivity contribution < 1.29 is 14.5 Å². The van der Waals surface area contributed by atoms with E-state index < -0.39 is 4.92 Å². The zero-order valence-corrected chi connectivity index (χ0v) is 15.5. The third-order valence-corrected chi connectivity index (χ3v) is 4.89. The number of carbonyl (C=O) groups is 1. The lowest BCUT2D eigenvalue weighted by atomic mass is 10.1. The number of non-ortho nitro benzene ring substituents is 1. The van der Waals surface area contributed by atoms with Crippen LogP contribution in [-0.2, 0) is 0 Å². The van der Waals surface area contributed by atoms with Gasteiger partial charge in [-0.25, -0.2) is 4.98 Å². The molecule has 0 aliphatic heterocycles. The number of nitrogens with one attached hydrogen (secondary N) is 1. The number of methoxy groups -OCH3 is 1. The molecule has 138 valence electrons. The molecule has 27 heavy (non-hydrogen) atoms. The minimum atomic E-state index is -0.459. The van der Waals surface area contributed by atoms with Crippen molar-refractivity contribution in [3.8, 4) is 16.3 Å². The molecule has 0 aliphatic carbocycles. The molecular weight excluding hydrogens is 366 g/mol. The van der Waals surface area contributed by atoms with Crippen molar-refractivity contribution in [2.45, 2.75) is 13.0 Å². The number of thiazole rings is 1. The van der Waals surface area contributed by atoms with Gasteiger partial charge in [-0.3, -0.25) is 14.9 Å². The second-order valence-electron chi connectivity index (χ2n) is 5.81. The third kappa shape index (κ3) is 4.29. The van der Waals surface area contributed by atoms with Gasteiger partial charge in [-0.15, -0.1) is 11.3 Å². The van der Waals surface area contributed by atoms with Gasteiger partial charge in [0.2, 0.25) is 0 Å². The number of hydrogen-bond donors (Lipinski definition) is 1. The van der Waals surface area contributed by atoms with Crippen molar-refractivity contribution in [2.24, 2.45) is 0 Å². The summed E-state index contributed by atoms with van der Waals surface area (Å²) in [5.74, 6) is 0.420. The smallest absolute Gasteiger partial charge is 0.271 e. The van der Waals surface area contributed by atoms with Gasteiger partial charge in [0.1, 0.15) is 16.5 Å². The average Bonchev–Trinajstić information content (AvgIpc) is 3.18. The van der Waals surface area contributed by atoms with Gasteiger partial charge in [0.05, 0.1) is 18.1 Å². The fraction of sp³-hybridized carbons (Fsp3) is 0.158. The van der Waals surface area contributed by atoms with E-state index in [4.69, 9.17) is 4.74 Å². The van der Waals surface area contributed by atoms with Crippen LogP contribution in [0.1, 0.15) is 29.0 Å². The zero-order chi connectivity index (χ0) is 19.4. The Kier molecular flexibility index (Phi) is 5.46. The lowest BCUT2D eigenvalue weighted by Crippen LogP contribution is -2.26. The van der Waals surface area contributed by atoms with E-state index >= 15 is 0 Å². The first-order valence-electron chi connectivity index (χ1n) is 8.13. The zero-order valence-electron chi connectivity index (χ0n) is 14.7. The van der Waals surface area contributed by atoms with E-state index in [0.717, 1.165) is 16.3 Å². The van der Waals surface area contributed by atoms with E-state index in [1.54, 1.807) is 31.5 Å². The Morgan fingerprint density at radius 3 is 2.67 bits per heavy atom. The normalized spacial score (nSPS) is 11.6. The predicted octanol–water partition coefficient (Wildman–Crippen LogP) is 4.22. The standard InChI is InChI=1S/C19H17N3O4S/c1-12(14-4-3-5-15(10-14)22(24)25)20-18(23)17-11-27-19(21-17)13-6-8-16(26-2)9-7-13/h3-12H,1-2H3,(H,20,23). The van der Waals surface area contributed by atoms with Gasteiger partial charge in [0, 0.05) is 23.1 Å². The number of benzene rings is 2. The molecule has 1 heterocycles. The minimum absolute atomic E-state index is 0.0101. The highest BCUT2D eigenvalue weighted by Gasteiger charge is 2.17. The number of nitrogens with zero attached hydrogens (tertiary/aromatic N) is 2. The lowest BCUT2D eigenvalue weighted by molar-refractivity contribution is -0.384. The Labute approximate surface area is 159 Å². The van der Waals surface area contributed by atoms with Gasteiger partial charge in [-0.2, -0.15) is 0 Å². The van der Waals surface area contributed by atoms with Crippen LogP contribution in [0.2, 0.25) is 0 Å². The van der Waals surface area contributed by atoms with E-state index in [1.165, 1.54) is 23.5 Å². The molecule has 0 radical (unpaired) electrons. The number of nitro benzene ring substituents is 1. The predicted molar refractivity (Wildman–Crippen MR) is 103 cm³/mol. The molecule has 0 saturated heterocycles. The number of rotatable bonds is 6. The Morgan fingerprint density at radius 2 is 2.00 bits per heavy atom. The van der Waals surface area contributed by atoms with E-state index in [0.29, 0.717) is 11.3 Å². The quantitative estimate of drug-likeness (QED) is 0.508. The topological polar surface area (TPSA) is 94.4 Å². The summed E-state index contributed by atoms with van der Waals surface area (Å²) in [4.78, 5) is 27.3. The van der Waals surface area contributed by atoms with Gasteiger partial charge < -0.3 is 10.1 Å². The summed E-state index contributed by atoms with van der Waals surface area (Å²) in [5, 5.41) is 16.1. The summed E-state index contributed by atoms with van der Waals surface area (Å²) in [6.45, 7) is 1.77. The molecule has 0 spiro atoms. The average molecular weight is 383 g/mol. The molecule has 0 bridgehead atoms. The Hall–Kier alpha value is -3.26. The van der Waals surface area contributed by atoms with Crippen LogP contribution in [0.3, 0.4) is 0 Å². The van der Waals surface area contributed by atoms with Crippen LogP contribution in [0.4, 0.5) is 5.69 Å². The first-order chi connectivity index (χ1) is 13.0. The molecule has 1 atom stereocenters. The Morgan fingerprint density at radius 1 is 1.26 bits per heavy atom. The highest BCUT2D eigenvalue weighted by atomic mass is 32.1. The molecule has 1 N–H and O–H groups in total. The van der Waals surface area contributed by atoms with Crippen molar-refractivity contribution in [1.29, 1.82) is 0 Å². The van der Waals surface area contributed by atoms with Crippen LogP contribution < -0.4 is 10.1 Å². The van der Waals surface area contributed by atoms with Crippen molar-refractivity contribution >= 4 is 22.9 Å². The van der Waals surface area contributed by atoms with Crippen molar-refractivity contribution in [1.82, 2.24) is 10.3 Å². The Bertz CT molecular complexity index is 969. The molecule has 3 aromatic rings. The van der Waals surface area contributed by atoms with Gasteiger partial charge in [0.15, 0.2) is 0 Å². The molecule has 7 nitrogen and oxygen atoms in total. The highest BCUT2D eigenvalue weighted by Crippen LogP contribution is 2.26. The van der Waals surface area contributed by atoms with Gasteiger partial charge >= 0.3 is 0 Å². The maximum absolute atomic E-state index is 12.5. The highest BCUT2D eigenvalue weighted by molar-refractivity contribution is 7.13. The molecular formula is C19H17N3O4S. The van der Waals surface area contributed by atoms with Crippen LogP contribution in [0.15, 0.2) is 53.9 Å². The summed E-state index contributed by atoms with van der Waals surface area (Å²) in [6, 6.07) is 13.2. The third-order valence-electron chi connectivity index (χ3n) is 4.00. The van der Waals surface area contributed by atoms with Crippen molar-refractivity contribution in [3.05, 3.63) is 75.3 Å². The van der Waals surface area contributed by atoms with Crippen molar-refractivity contribution in [2.75, 3.05) is 7.11 Å². The van der Waals surface area contributed by atoms with Crippen LogP contribution in [0.25, 0.3) is 10.6 Å². The molecule has 0 fully saturated rings. The van der Waals surface area contributed by atoms with E-state index in [-0.39, 0.29) is 17.6 Å². The first-order valence-corrected chi connectivity index (χ1v) is 9.01. The fourth-order valence-corrected chi connectivity index (χ4v) is 3.31. The lowest BCUT2D eigenvalue weighted by Gasteiger charge is -2.13. The van der Waals surface area contributed by atoms with E-state index in [9.17, 15) is 14.9 Å². The van der Waals surface area contributed by atoms with Crippen molar-refractivity contribution in [3.63, 3.8) is 0 Å². The van der Waals surface area contributed by atoms with Crippen LogP contribution >= 0.6 is 11.3 Å². The summed E-state index contributed by atoms with van der Waals surface area (Å²) in [5.41, 5.74) is 1.85. The summed E-state index contributed by atoms with van der Waals surface area (Å²) in [6.07, 6.45) is 0. The van der Waals surface area contributed by atoms with E-state index in [1.807, 2.05) is 24.3 Å². The fourth-order valence-electron chi connectivity index (χ4n) is 2.51. The summed E-state index contributed by atoms with van der Waals surface area (Å²) < 4.78 is 5.13. The Balaban J connectivity index is 1.72. The largest absolute Gasteiger partial charge is 0.497 e. The number of ether oxygens (including phenoxy) is 1. The van der Waals surface area contributed by atoms with Gasteiger partial charge in [0.25, 0.3) is 11.6 Å². The molecule has 0 saturated carbocycles. The minimum Gasteiger partial charge on any atom is -0.497 e. The second kappa shape index (κ2) is 7.96. The molecule has 1 amide bonds. The number of hydrogen-bond acceptors (Lipinski definition) is 6. The van der Waals surface area contributed by atoms with Crippen LogP contribution in [0.5, 0.6) is 5.75 Å². The van der Waals surface area contributed by atoms with Crippen LogP contribution in [-0.4, -0.2) is 22.9 Å². The maximum atomic E-state index is 12.5. The summed E-state index contributed by atoms with van der Waals surface area (Å²) in [7, 11) is 1.60. The monoisotopic (exact) mass is 383 g/mol. The second-order valence-corrected chi connectivity index (χ2v) is 6.67. The van der Waals surface area contributed by atoms with Gasteiger partial charge in [-0.1, -0.05) is 12.1 Å². The molecule has 8 heteroatoms. The molecule has 2 aromatic carbocycles.